The molecule has 0 radical (unpaired) electrons. The van der Waals surface area contributed by atoms with Crippen molar-refractivity contribution in [2.45, 2.75) is 24.5 Å². The Hall–Kier alpha value is -0.670. The van der Waals surface area contributed by atoms with E-state index >= 15 is 0 Å². The molecule has 0 aromatic carbocycles. The molecule has 5 atom stereocenters. The highest BCUT2D eigenvalue weighted by atomic mass is 35.5. The lowest BCUT2D eigenvalue weighted by molar-refractivity contribution is -0.0522. The monoisotopic (exact) mass is 348 g/mol. The Bertz CT molecular complexity index is 730. The lowest BCUT2D eigenvalue weighted by atomic mass is 10.1. The molecule has 2 aliphatic heterocycles. The number of rotatable bonds is 1. The molecule has 0 bridgehead atoms. The molecule has 4 rings (SSSR count). The highest BCUT2D eigenvalue weighted by molar-refractivity contribution is 8.00. The molecule has 1 N–H and O–H groups in total. The summed E-state index contributed by atoms with van der Waals surface area (Å²) in [4.78, 5) is 12.2. The number of aromatic nitrogens is 4. The molecular formula is C10H10ClN4O4PS. The van der Waals surface area contributed by atoms with Crippen molar-refractivity contribution >= 4 is 41.7 Å². The average Bonchev–Trinajstić information content (AvgIpc) is 3.02. The molecule has 2 aromatic heterocycles. The van der Waals surface area contributed by atoms with E-state index in [-0.39, 0.29) is 11.3 Å². The molecule has 8 nitrogen and oxygen atoms in total. The Labute approximate surface area is 129 Å². The van der Waals surface area contributed by atoms with Gasteiger partial charge in [0, 0.05) is 0 Å². The topological polar surface area (TPSA) is 91.5 Å². The molecule has 2 unspecified atom stereocenters. The summed E-state index contributed by atoms with van der Waals surface area (Å²) in [6.45, 7) is 0.318. The molecule has 2 saturated heterocycles. The van der Waals surface area contributed by atoms with Gasteiger partial charge in [-0.2, -0.15) is 0 Å². The van der Waals surface area contributed by atoms with Crippen LogP contribution in [-0.2, 0) is 25.6 Å². The average molecular weight is 349 g/mol. The van der Waals surface area contributed by atoms with E-state index in [0.717, 1.165) is 0 Å². The second-order valence-corrected chi connectivity index (χ2v) is 7.07. The third-order valence-electron chi connectivity index (χ3n) is 3.50. The molecule has 0 saturated carbocycles. The van der Waals surface area contributed by atoms with Gasteiger partial charge in [0.05, 0.1) is 12.9 Å². The fourth-order valence-corrected chi connectivity index (χ4v) is 4.13. The second kappa shape index (κ2) is 5.20. The van der Waals surface area contributed by atoms with Crippen molar-refractivity contribution in [1.29, 1.82) is 0 Å². The molecule has 0 aliphatic carbocycles. The smallest absolute Gasteiger partial charge is 0.176 e. The minimum absolute atomic E-state index is 0.249. The number of hydrogen-bond donors (Lipinski definition) is 1. The third-order valence-corrected chi connectivity index (χ3v) is 5.28. The number of aliphatic hydroxyl groups is 1. The zero-order chi connectivity index (χ0) is 14.6. The predicted octanol–water partition coefficient (Wildman–Crippen LogP) is 0.659. The van der Waals surface area contributed by atoms with E-state index in [9.17, 15) is 5.11 Å². The standard InChI is InChI=1S/C10H10ClN4O4PS/c11-8-5-9(13-2-12-8)15(3-14-5)10-6(16)7-4(18-10)1-17-20(21)19-7/h2-4,6-7,10,16,20H,1H2/t4-,6+,7?,10-/m1/s1. The van der Waals surface area contributed by atoms with Gasteiger partial charge in [-0.3, -0.25) is 4.57 Å². The van der Waals surface area contributed by atoms with Crippen LogP contribution < -0.4 is 0 Å². The van der Waals surface area contributed by atoms with Crippen LogP contribution in [0.4, 0.5) is 0 Å². The summed E-state index contributed by atoms with van der Waals surface area (Å²) in [6, 6.07) is 0. The van der Waals surface area contributed by atoms with Crippen LogP contribution in [0.5, 0.6) is 0 Å². The number of nitrogens with zero attached hydrogens (tertiary/aromatic N) is 4. The van der Waals surface area contributed by atoms with Gasteiger partial charge in [-0.15, -0.1) is 0 Å². The fraction of sp³-hybridized carbons (Fsp3) is 0.500. The lowest BCUT2D eigenvalue weighted by Gasteiger charge is -2.26. The van der Waals surface area contributed by atoms with Crippen LogP contribution in [0.1, 0.15) is 6.23 Å². The van der Waals surface area contributed by atoms with Crippen molar-refractivity contribution in [2.75, 3.05) is 6.61 Å². The lowest BCUT2D eigenvalue weighted by Crippen LogP contribution is -2.37. The highest BCUT2D eigenvalue weighted by Crippen LogP contribution is 2.43. The van der Waals surface area contributed by atoms with Gasteiger partial charge in [0.1, 0.15) is 30.2 Å². The Morgan fingerprint density at radius 2 is 2.29 bits per heavy atom. The molecular weight excluding hydrogens is 339 g/mol. The third kappa shape index (κ3) is 2.20. The first-order valence-corrected chi connectivity index (χ1v) is 8.98. The number of fused-ring (bicyclic) bond motifs is 2. The number of ether oxygens (including phenoxy) is 1. The Morgan fingerprint density at radius 1 is 1.43 bits per heavy atom. The molecule has 11 heteroatoms. The maximum Gasteiger partial charge on any atom is 0.176 e. The summed E-state index contributed by atoms with van der Waals surface area (Å²) in [5, 5.41) is 10.7. The first-order chi connectivity index (χ1) is 10.1. The largest absolute Gasteiger partial charge is 0.386 e. The van der Waals surface area contributed by atoms with Crippen LogP contribution in [0.2, 0.25) is 5.15 Å². The van der Waals surface area contributed by atoms with Gasteiger partial charge in [-0.25, -0.2) is 15.0 Å². The molecule has 4 heterocycles. The zero-order valence-electron chi connectivity index (χ0n) is 10.4. The molecule has 0 spiro atoms. The van der Waals surface area contributed by atoms with Gasteiger partial charge < -0.3 is 18.9 Å². The van der Waals surface area contributed by atoms with Crippen LogP contribution in [0, 0.1) is 0 Å². The normalized spacial score (nSPS) is 36.0. The summed E-state index contributed by atoms with van der Waals surface area (Å²) in [5.41, 5.74) is 0.942. The molecule has 0 amide bonds. The number of aliphatic hydroxyl groups excluding tert-OH is 1. The van der Waals surface area contributed by atoms with Crippen molar-refractivity contribution in [3.63, 3.8) is 0 Å². The molecule has 21 heavy (non-hydrogen) atoms. The van der Waals surface area contributed by atoms with Gasteiger partial charge in [-0.1, -0.05) is 11.6 Å². The Kier molecular flexibility index (Phi) is 3.46. The minimum atomic E-state index is -1.75. The summed E-state index contributed by atoms with van der Waals surface area (Å²) in [7, 11) is -1.75. The van der Waals surface area contributed by atoms with Gasteiger partial charge in [0.2, 0.25) is 0 Å². The molecule has 2 aromatic rings. The van der Waals surface area contributed by atoms with E-state index in [4.69, 9.17) is 37.2 Å². The van der Waals surface area contributed by atoms with Crippen LogP contribution in [0.15, 0.2) is 12.7 Å². The SMILES string of the molecule is O[C@H]1C2O[PH](=S)OC[C@H]2O[C@H]1n1cnc2c(Cl)ncnc21. The quantitative estimate of drug-likeness (QED) is 0.593. The van der Waals surface area contributed by atoms with Crippen LogP contribution in [0.25, 0.3) is 11.2 Å². The summed E-state index contributed by atoms with van der Waals surface area (Å²) >= 11 is 11.0. The van der Waals surface area contributed by atoms with Crippen molar-refractivity contribution in [3.05, 3.63) is 17.8 Å². The minimum Gasteiger partial charge on any atom is -0.386 e. The van der Waals surface area contributed by atoms with E-state index < -0.39 is 25.6 Å². The number of hydrogen-bond acceptors (Lipinski definition) is 8. The summed E-state index contributed by atoms with van der Waals surface area (Å²) in [5.74, 6) is 0. The Balaban J connectivity index is 1.73. The maximum atomic E-state index is 10.4. The van der Waals surface area contributed by atoms with Gasteiger partial charge >= 0.3 is 0 Å². The van der Waals surface area contributed by atoms with Crippen molar-refractivity contribution < 1.29 is 18.9 Å². The van der Waals surface area contributed by atoms with E-state index in [1.54, 1.807) is 4.57 Å². The van der Waals surface area contributed by atoms with Crippen molar-refractivity contribution in [3.8, 4) is 0 Å². The van der Waals surface area contributed by atoms with Gasteiger partial charge in [0.15, 0.2) is 24.2 Å². The van der Waals surface area contributed by atoms with Crippen molar-refractivity contribution in [1.82, 2.24) is 19.5 Å². The zero-order valence-corrected chi connectivity index (χ0v) is 13.0. The summed E-state index contributed by atoms with van der Waals surface area (Å²) < 4.78 is 18.2. The van der Waals surface area contributed by atoms with Gasteiger partial charge in [-0.05, 0) is 11.8 Å². The van der Waals surface area contributed by atoms with Crippen molar-refractivity contribution in [2.24, 2.45) is 0 Å². The van der Waals surface area contributed by atoms with E-state index in [0.29, 0.717) is 17.8 Å². The van der Waals surface area contributed by atoms with Crippen LogP contribution >= 0.6 is 18.8 Å². The van der Waals surface area contributed by atoms with Crippen LogP contribution in [0.3, 0.4) is 0 Å². The number of halogens is 1. The Morgan fingerprint density at radius 3 is 3.14 bits per heavy atom. The highest BCUT2D eigenvalue weighted by Gasteiger charge is 2.48. The van der Waals surface area contributed by atoms with E-state index in [2.05, 4.69) is 15.0 Å². The van der Waals surface area contributed by atoms with Gasteiger partial charge in [0.25, 0.3) is 0 Å². The first kappa shape index (κ1) is 14.0. The maximum absolute atomic E-state index is 10.4. The predicted molar refractivity (Wildman–Crippen MR) is 76.8 cm³/mol. The first-order valence-electron chi connectivity index (χ1n) is 6.15. The fourth-order valence-electron chi connectivity index (χ4n) is 2.53. The van der Waals surface area contributed by atoms with E-state index in [1.807, 2.05) is 0 Å². The number of imidazole rings is 1. The van der Waals surface area contributed by atoms with E-state index in [1.165, 1.54) is 12.7 Å². The molecule has 2 fully saturated rings. The molecule has 112 valence electrons. The summed E-state index contributed by atoms with van der Waals surface area (Å²) in [6.07, 6.45) is 0.426. The second-order valence-electron chi connectivity index (χ2n) is 4.69. The van der Waals surface area contributed by atoms with Crippen LogP contribution in [-0.4, -0.2) is 49.5 Å². The molecule has 2 aliphatic rings.